The first-order valence-corrected chi connectivity index (χ1v) is 10.6. The van der Waals surface area contributed by atoms with Crippen LogP contribution in [0.1, 0.15) is 10.4 Å². The molecular weight excluding hydrogens is 432 g/mol. The molecule has 1 amide bonds. The maximum Gasteiger partial charge on any atom is 0.258 e. The fourth-order valence-electron chi connectivity index (χ4n) is 3.28. The van der Waals surface area contributed by atoms with Gasteiger partial charge < -0.3 is 16.4 Å². The van der Waals surface area contributed by atoms with E-state index >= 15 is 0 Å². The van der Waals surface area contributed by atoms with Crippen molar-refractivity contribution in [2.24, 2.45) is 0 Å². The van der Waals surface area contributed by atoms with Gasteiger partial charge in [0.2, 0.25) is 5.95 Å². The van der Waals surface area contributed by atoms with Crippen molar-refractivity contribution in [1.29, 1.82) is 0 Å². The molecule has 0 radical (unpaired) electrons. The van der Waals surface area contributed by atoms with Crippen LogP contribution in [-0.4, -0.2) is 20.9 Å². The first-order chi connectivity index (χ1) is 15.1. The summed E-state index contributed by atoms with van der Waals surface area (Å²) in [6.07, 6.45) is 3.32. The summed E-state index contributed by atoms with van der Waals surface area (Å²) in [4.78, 5) is 25.7. The van der Waals surface area contributed by atoms with E-state index < -0.39 is 0 Å². The fraction of sp³-hybridized carbons (Fsp3) is 0. The van der Waals surface area contributed by atoms with Crippen LogP contribution in [0.3, 0.4) is 0 Å². The topological polar surface area (TPSA) is 106 Å². The SMILES string of the molecule is Nc1ncc2scc(C(=O)Nc3cccc4c(Nc5ccc(Cl)cc5)nccc34)c2n1. The Labute approximate surface area is 185 Å². The van der Waals surface area contributed by atoms with Gasteiger partial charge in [0, 0.05) is 38.7 Å². The highest BCUT2D eigenvalue weighted by Crippen LogP contribution is 2.31. The monoisotopic (exact) mass is 446 g/mol. The van der Waals surface area contributed by atoms with Gasteiger partial charge in [-0.2, -0.15) is 0 Å². The van der Waals surface area contributed by atoms with Gasteiger partial charge in [-0.3, -0.25) is 4.79 Å². The Morgan fingerprint density at radius 1 is 1.03 bits per heavy atom. The number of hydrogen-bond donors (Lipinski definition) is 3. The van der Waals surface area contributed by atoms with E-state index in [4.69, 9.17) is 17.3 Å². The predicted molar refractivity (Wildman–Crippen MR) is 126 cm³/mol. The summed E-state index contributed by atoms with van der Waals surface area (Å²) in [6, 6.07) is 14.9. The molecule has 0 aliphatic carbocycles. The van der Waals surface area contributed by atoms with Crippen molar-refractivity contribution in [1.82, 2.24) is 15.0 Å². The Hall–Kier alpha value is -3.75. The molecule has 9 heteroatoms. The van der Waals surface area contributed by atoms with Crippen LogP contribution >= 0.6 is 22.9 Å². The standard InChI is InChI=1S/C22H15ClN6OS/c23-12-4-6-13(7-5-12)27-20-15-2-1-3-17(14(15)8-9-25-20)28-21(30)16-11-31-18-10-26-22(24)29-19(16)18/h1-11H,(H,25,27)(H,28,30)(H2,24,26,29). The molecule has 0 saturated heterocycles. The molecule has 0 bridgehead atoms. The zero-order valence-electron chi connectivity index (χ0n) is 16.0. The van der Waals surface area contributed by atoms with Gasteiger partial charge in [-0.05, 0) is 36.4 Å². The van der Waals surface area contributed by atoms with Crippen LogP contribution in [0.15, 0.2) is 66.3 Å². The third-order valence-electron chi connectivity index (χ3n) is 4.74. The van der Waals surface area contributed by atoms with E-state index in [-0.39, 0.29) is 11.9 Å². The van der Waals surface area contributed by atoms with Gasteiger partial charge in [-0.1, -0.05) is 23.7 Å². The summed E-state index contributed by atoms with van der Waals surface area (Å²) in [5.74, 6) is 0.549. The minimum absolute atomic E-state index is 0.133. The Balaban J connectivity index is 1.49. The molecular formula is C22H15ClN6OS. The molecule has 0 aliphatic rings. The predicted octanol–water partition coefficient (Wildman–Crippen LogP) is 5.47. The molecule has 0 atom stereocenters. The van der Waals surface area contributed by atoms with E-state index in [1.165, 1.54) is 11.3 Å². The maximum absolute atomic E-state index is 13.0. The number of carbonyl (C=O) groups excluding carboxylic acids is 1. The van der Waals surface area contributed by atoms with Gasteiger partial charge in [-0.15, -0.1) is 11.3 Å². The number of nitrogens with zero attached hydrogens (tertiary/aromatic N) is 3. The Morgan fingerprint density at radius 2 is 1.87 bits per heavy atom. The number of nitrogen functional groups attached to an aromatic ring is 1. The van der Waals surface area contributed by atoms with Crippen LogP contribution in [0.4, 0.5) is 23.1 Å². The minimum Gasteiger partial charge on any atom is -0.368 e. The number of carbonyl (C=O) groups is 1. The lowest BCUT2D eigenvalue weighted by Crippen LogP contribution is -2.12. The zero-order valence-corrected chi connectivity index (χ0v) is 17.5. The van der Waals surface area contributed by atoms with Crippen LogP contribution in [0.2, 0.25) is 5.02 Å². The van der Waals surface area contributed by atoms with Gasteiger partial charge in [0.05, 0.1) is 22.0 Å². The van der Waals surface area contributed by atoms with E-state index in [0.29, 0.717) is 27.6 Å². The fourth-order valence-corrected chi connectivity index (χ4v) is 4.25. The number of amides is 1. The number of halogens is 1. The quantitative estimate of drug-likeness (QED) is 0.338. The Bertz CT molecular complexity index is 1430. The van der Waals surface area contributed by atoms with E-state index in [2.05, 4.69) is 25.6 Å². The van der Waals surface area contributed by atoms with Crippen molar-refractivity contribution in [2.75, 3.05) is 16.4 Å². The van der Waals surface area contributed by atoms with E-state index in [1.807, 2.05) is 48.5 Å². The minimum atomic E-state index is -0.263. The highest BCUT2D eigenvalue weighted by Gasteiger charge is 2.16. The van der Waals surface area contributed by atoms with Gasteiger partial charge in [0.15, 0.2) is 0 Å². The van der Waals surface area contributed by atoms with Crippen molar-refractivity contribution in [3.8, 4) is 0 Å². The first-order valence-electron chi connectivity index (χ1n) is 9.30. The largest absolute Gasteiger partial charge is 0.368 e. The molecule has 2 aromatic carbocycles. The second-order valence-corrected chi connectivity index (χ2v) is 8.08. The molecule has 3 aromatic heterocycles. The second kappa shape index (κ2) is 7.82. The molecule has 152 valence electrons. The lowest BCUT2D eigenvalue weighted by molar-refractivity contribution is 0.102. The molecule has 0 spiro atoms. The molecule has 0 aliphatic heterocycles. The summed E-state index contributed by atoms with van der Waals surface area (Å²) in [5, 5.41) is 10.4. The third kappa shape index (κ3) is 3.74. The average molecular weight is 447 g/mol. The number of nitrogens with two attached hydrogens (primary N) is 1. The molecule has 5 rings (SSSR count). The van der Waals surface area contributed by atoms with Crippen molar-refractivity contribution in [3.05, 3.63) is 76.9 Å². The summed E-state index contributed by atoms with van der Waals surface area (Å²) >= 11 is 7.37. The van der Waals surface area contributed by atoms with Crippen molar-refractivity contribution < 1.29 is 4.79 Å². The van der Waals surface area contributed by atoms with Crippen molar-refractivity contribution in [3.63, 3.8) is 0 Å². The van der Waals surface area contributed by atoms with Crippen LogP contribution < -0.4 is 16.4 Å². The molecule has 0 fully saturated rings. The number of thiophene rings is 1. The maximum atomic E-state index is 13.0. The van der Waals surface area contributed by atoms with Crippen LogP contribution in [0, 0.1) is 0 Å². The summed E-state index contributed by atoms with van der Waals surface area (Å²) in [6.45, 7) is 0. The van der Waals surface area contributed by atoms with Crippen molar-refractivity contribution >= 4 is 73.0 Å². The molecule has 5 aromatic rings. The van der Waals surface area contributed by atoms with Crippen LogP contribution in [0.25, 0.3) is 21.0 Å². The lowest BCUT2D eigenvalue weighted by Gasteiger charge is -2.12. The number of benzene rings is 2. The zero-order chi connectivity index (χ0) is 21.4. The van der Waals surface area contributed by atoms with E-state index in [1.54, 1.807) is 17.8 Å². The van der Waals surface area contributed by atoms with Gasteiger partial charge in [0.25, 0.3) is 5.91 Å². The number of aromatic nitrogens is 3. The first kappa shape index (κ1) is 19.2. The number of nitrogens with one attached hydrogen (secondary N) is 2. The molecule has 0 unspecified atom stereocenters. The van der Waals surface area contributed by atoms with Gasteiger partial charge >= 0.3 is 0 Å². The average Bonchev–Trinajstić information content (AvgIpc) is 3.19. The Kier molecular flexibility index (Phi) is 4.85. The van der Waals surface area contributed by atoms with E-state index in [0.717, 1.165) is 21.2 Å². The summed E-state index contributed by atoms with van der Waals surface area (Å²) in [5.41, 5.74) is 8.23. The molecule has 4 N–H and O–H groups in total. The third-order valence-corrected chi connectivity index (χ3v) is 5.90. The number of anilines is 4. The second-order valence-electron chi connectivity index (χ2n) is 6.74. The van der Waals surface area contributed by atoms with Crippen LogP contribution in [-0.2, 0) is 0 Å². The highest BCUT2D eigenvalue weighted by atomic mass is 35.5. The van der Waals surface area contributed by atoms with Crippen LogP contribution in [0.5, 0.6) is 0 Å². The van der Waals surface area contributed by atoms with E-state index in [9.17, 15) is 4.79 Å². The number of rotatable bonds is 4. The molecule has 0 saturated carbocycles. The van der Waals surface area contributed by atoms with Crippen molar-refractivity contribution in [2.45, 2.75) is 0 Å². The van der Waals surface area contributed by atoms with Gasteiger partial charge in [-0.25, -0.2) is 15.0 Å². The number of fused-ring (bicyclic) bond motifs is 2. The Morgan fingerprint density at radius 3 is 2.71 bits per heavy atom. The number of pyridine rings is 1. The lowest BCUT2D eigenvalue weighted by atomic mass is 10.1. The summed E-state index contributed by atoms with van der Waals surface area (Å²) in [7, 11) is 0. The molecule has 31 heavy (non-hydrogen) atoms. The normalized spacial score (nSPS) is 11.0. The molecule has 7 nitrogen and oxygen atoms in total. The highest BCUT2D eigenvalue weighted by molar-refractivity contribution is 7.17. The number of hydrogen-bond acceptors (Lipinski definition) is 7. The molecule has 3 heterocycles. The summed E-state index contributed by atoms with van der Waals surface area (Å²) < 4.78 is 0.802. The van der Waals surface area contributed by atoms with Gasteiger partial charge in [0.1, 0.15) is 5.82 Å². The smallest absolute Gasteiger partial charge is 0.258 e.